The average Bonchev–Trinajstić information content (AvgIpc) is 3.28. The van der Waals surface area contributed by atoms with Crippen LogP contribution in [0.4, 0.5) is 13.2 Å². The molecule has 2 atom stereocenters. The van der Waals surface area contributed by atoms with Gasteiger partial charge in [-0.05, 0) is 75.4 Å². The molecule has 4 aromatic rings. The van der Waals surface area contributed by atoms with Crippen molar-refractivity contribution in [3.63, 3.8) is 0 Å². The summed E-state index contributed by atoms with van der Waals surface area (Å²) in [5, 5.41) is 1.57. The van der Waals surface area contributed by atoms with E-state index in [-0.39, 0.29) is 11.5 Å². The molecule has 2 heterocycles. The number of rotatable bonds is 7. The van der Waals surface area contributed by atoms with Gasteiger partial charge in [-0.25, -0.2) is 8.93 Å². The highest BCUT2D eigenvalue weighted by molar-refractivity contribution is 7.84. The lowest BCUT2D eigenvalue weighted by Gasteiger charge is -2.28. The first-order valence-electron chi connectivity index (χ1n) is 12.2. The lowest BCUT2D eigenvalue weighted by atomic mass is 9.84. The molecule has 3 nitrogen and oxygen atoms in total. The third-order valence-corrected chi connectivity index (χ3v) is 9.81. The third kappa shape index (κ3) is 5.83. The van der Waals surface area contributed by atoms with E-state index in [1.807, 2.05) is 63.2 Å². The smallest absolute Gasteiger partial charge is 0.256 e. The Morgan fingerprint density at radius 1 is 1.00 bits per heavy atom. The van der Waals surface area contributed by atoms with E-state index in [0.29, 0.717) is 17.3 Å². The molecule has 0 bridgehead atoms. The minimum Gasteiger partial charge on any atom is -0.256 e. The Bertz CT molecular complexity index is 1470. The van der Waals surface area contributed by atoms with E-state index in [9.17, 15) is 17.4 Å². The maximum atomic E-state index is 13.7. The standard InChI is InChI=1S/C29H30ClF3N2OS2/c1-27(2,3)38(36)35-17-22(20-10-6-7-12-23(20)30)25-15-18-9-8-11-21(26(18)37-25)24-16-19(13-14-34-24)28(4,5)29(31,32)33/h6-16,22,35H,17H2,1-5H3/t22-,38?/m0/s1. The summed E-state index contributed by atoms with van der Waals surface area (Å²) in [6.45, 7) is 8.50. The van der Waals surface area contributed by atoms with Crippen molar-refractivity contribution in [2.75, 3.05) is 6.54 Å². The second-order valence-corrected chi connectivity index (χ2v) is 14.3. The van der Waals surface area contributed by atoms with Gasteiger partial charge in [0.05, 0.1) is 26.8 Å². The summed E-state index contributed by atoms with van der Waals surface area (Å²) in [5.74, 6) is -0.177. The predicted octanol–water partition coefficient (Wildman–Crippen LogP) is 8.64. The minimum atomic E-state index is -4.39. The van der Waals surface area contributed by atoms with Crippen molar-refractivity contribution in [3.8, 4) is 11.3 Å². The zero-order chi connectivity index (χ0) is 27.9. The molecule has 9 heteroatoms. The van der Waals surface area contributed by atoms with Crippen LogP contribution in [-0.2, 0) is 16.4 Å². The predicted molar refractivity (Wildman–Crippen MR) is 153 cm³/mol. The van der Waals surface area contributed by atoms with E-state index in [1.54, 1.807) is 11.3 Å². The van der Waals surface area contributed by atoms with E-state index in [2.05, 4.69) is 15.8 Å². The van der Waals surface area contributed by atoms with E-state index >= 15 is 0 Å². The van der Waals surface area contributed by atoms with Gasteiger partial charge in [0.25, 0.3) is 0 Å². The summed E-state index contributed by atoms with van der Waals surface area (Å²) in [5.41, 5.74) is 0.310. The molecule has 0 fully saturated rings. The molecule has 4 rings (SSSR count). The molecule has 202 valence electrons. The first kappa shape index (κ1) is 28.7. The summed E-state index contributed by atoms with van der Waals surface area (Å²) in [6, 6.07) is 18.4. The molecule has 0 radical (unpaired) electrons. The molecule has 0 spiro atoms. The number of benzene rings is 2. The number of hydrogen-bond acceptors (Lipinski definition) is 3. The largest absolute Gasteiger partial charge is 0.397 e. The highest BCUT2D eigenvalue weighted by Gasteiger charge is 2.48. The van der Waals surface area contributed by atoms with Gasteiger partial charge < -0.3 is 0 Å². The second-order valence-electron chi connectivity index (χ2n) is 10.7. The van der Waals surface area contributed by atoms with Crippen LogP contribution in [0.15, 0.2) is 66.9 Å². The van der Waals surface area contributed by atoms with Crippen LogP contribution in [0.25, 0.3) is 21.3 Å². The number of nitrogens with one attached hydrogen (secondary N) is 1. The van der Waals surface area contributed by atoms with Gasteiger partial charge >= 0.3 is 6.18 Å². The van der Waals surface area contributed by atoms with Gasteiger partial charge in [-0.3, -0.25) is 4.98 Å². The molecule has 0 saturated carbocycles. The Labute approximate surface area is 233 Å². The van der Waals surface area contributed by atoms with Crippen LogP contribution in [-0.4, -0.2) is 26.7 Å². The highest BCUT2D eigenvalue weighted by atomic mass is 35.5. The molecule has 1 N–H and O–H groups in total. The number of hydrogen-bond donors (Lipinski definition) is 1. The topological polar surface area (TPSA) is 42.0 Å². The lowest BCUT2D eigenvalue weighted by molar-refractivity contribution is -0.180. The fourth-order valence-corrected chi connectivity index (χ4v) is 6.40. The van der Waals surface area contributed by atoms with Crippen molar-refractivity contribution in [2.45, 2.75) is 56.9 Å². The normalized spacial score (nSPS) is 14.6. The number of nitrogens with zero attached hydrogens (tertiary/aromatic N) is 1. The Morgan fingerprint density at radius 3 is 2.37 bits per heavy atom. The number of alkyl halides is 3. The quantitative estimate of drug-likeness (QED) is 0.238. The molecule has 0 amide bonds. The fourth-order valence-electron chi connectivity index (χ4n) is 4.08. The summed E-state index contributed by atoms with van der Waals surface area (Å²) in [4.78, 5) is 5.44. The highest BCUT2D eigenvalue weighted by Crippen LogP contribution is 2.43. The Balaban J connectivity index is 1.80. The van der Waals surface area contributed by atoms with Crippen molar-refractivity contribution in [2.24, 2.45) is 0 Å². The summed E-state index contributed by atoms with van der Waals surface area (Å²) in [6.07, 6.45) is -2.96. The van der Waals surface area contributed by atoms with Crippen molar-refractivity contribution >= 4 is 44.0 Å². The van der Waals surface area contributed by atoms with E-state index in [4.69, 9.17) is 11.6 Å². The third-order valence-electron chi connectivity index (χ3n) is 6.63. The molecule has 0 aliphatic heterocycles. The van der Waals surface area contributed by atoms with Gasteiger partial charge in [0.1, 0.15) is 0 Å². The fraction of sp³-hybridized carbons (Fsp3) is 0.345. The van der Waals surface area contributed by atoms with Crippen LogP contribution in [0.5, 0.6) is 0 Å². The van der Waals surface area contributed by atoms with Crippen LogP contribution in [0, 0.1) is 0 Å². The molecule has 38 heavy (non-hydrogen) atoms. The summed E-state index contributed by atoms with van der Waals surface area (Å²) < 4.78 is 57.7. The van der Waals surface area contributed by atoms with Crippen LogP contribution in [0.1, 0.15) is 56.5 Å². The number of aromatic nitrogens is 1. The first-order valence-corrected chi connectivity index (χ1v) is 14.5. The number of halogens is 4. The van der Waals surface area contributed by atoms with Gasteiger partial charge in [-0.1, -0.05) is 48.0 Å². The summed E-state index contributed by atoms with van der Waals surface area (Å²) >= 11 is 8.14. The van der Waals surface area contributed by atoms with Gasteiger partial charge in [-0.2, -0.15) is 13.2 Å². The lowest BCUT2D eigenvalue weighted by Crippen LogP contribution is -2.36. The van der Waals surface area contributed by atoms with E-state index in [1.165, 1.54) is 32.2 Å². The Kier molecular flexibility index (Phi) is 8.11. The van der Waals surface area contributed by atoms with E-state index in [0.717, 1.165) is 26.1 Å². The minimum absolute atomic E-state index is 0.159. The Morgan fingerprint density at radius 2 is 1.71 bits per heavy atom. The van der Waals surface area contributed by atoms with Crippen molar-refractivity contribution in [1.82, 2.24) is 9.71 Å². The Hall–Kier alpha value is -2.26. The molecule has 0 saturated heterocycles. The van der Waals surface area contributed by atoms with Crippen LogP contribution < -0.4 is 4.72 Å². The zero-order valence-electron chi connectivity index (χ0n) is 21.8. The van der Waals surface area contributed by atoms with Crippen LogP contribution in [0.2, 0.25) is 5.02 Å². The maximum Gasteiger partial charge on any atom is 0.397 e. The number of thiophene rings is 1. The average molecular weight is 579 g/mol. The van der Waals surface area contributed by atoms with Crippen LogP contribution in [0.3, 0.4) is 0 Å². The van der Waals surface area contributed by atoms with E-state index < -0.39 is 27.3 Å². The molecule has 2 aromatic heterocycles. The molecule has 1 unspecified atom stereocenters. The van der Waals surface area contributed by atoms with Crippen molar-refractivity contribution in [3.05, 3.63) is 87.9 Å². The van der Waals surface area contributed by atoms with Gasteiger partial charge in [0.2, 0.25) is 0 Å². The summed E-state index contributed by atoms with van der Waals surface area (Å²) in [7, 11) is -1.27. The van der Waals surface area contributed by atoms with Gasteiger partial charge in [-0.15, -0.1) is 11.3 Å². The SMILES string of the molecule is CC(C)(C)S(=O)NC[C@H](c1cc2cccc(-c3cc(C(C)(C)C(F)(F)F)ccn3)c2s1)c1ccccc1Cl. The number of fused-ring (bicyclic) bond motifs is 1. The molecular weight excluding hydrogens is 549 g/mol. The molecule has 0 aliphatic rings. The van der Waals surface area contributed by atoms with Gasteiger partial charge in [0.15, 0.2) is 0 Å². The second kappa shape index (κ2) is 10.7. The van der Waals surface area contributed by atoms with Crippen molar-refractivity contribution < 1.29 is 17.4 Å². The molecule has 2 aromatic carbocycles. The monoisotopic (exact) mass is 578 g/mol. The van der Waals surface area contributed by atoms with Gasteiger partial charge in [0, 0.05) is 38.8 Å². The maximum absolute atomic E-state index is 13.7. The molecular formula is C29H30ClF3N2OS2. The first-order chi connectivity index (χ1) is 17.7. The van der Waals surface area contributed by atoms with Crippen molar-refractivity contribution in [1.29, 1.82) is 0 Å². The molecule has 0 aliphatic carbocycles. The number of pyridine rings is 1. The van der Waals surface area contributed by atoms with Crippen LogP contribution >= 0.6 is 22.9 Å². The zero-order valence-corrected chi connectivity index (χ0v) is 24.2.